The summed E-state index contributed by atoms with van der Waals surface area (Å²) < 4.78 is 0. The monoisotopic (exact) mass is 296 g/mol. The molecule has 2 unspecified atom stereocenters. The van der Waals surface area contributed by atoms with E-state index in [0.29, 0.717) is 0 Å². The lowest BCUT2D eigenvalue weighted by Crippen LogP contribution is -2.60. The van der Waals surface area contributed by atoms with Crippen LogP contribution >= 0.6 is 11.8 Å². The Morgan fingerprint density at radius 1 is 1.05 bits per heavy atom. The van der Waals surface area contributed by atoms with Gasteiger partial charge in [-0.2, -0.15) is 11.8 Å². The van der Waals surface area contributed by atoms with Crippen LogP contribution in [-0.4, -0.2) is 48.1 Å². The molecule has 3 rings (SSSR count). The van der Waals surface area contributed by atoms with Crippen molar-refractivity contribution in [1.82, 2.24) is 10.2 Å². The van der Waals surface area contributed by atoms with E-state index in [1.807, 2.05) is 0 Å². The van der Waals surface area contributed by atoms with Gasteiger partial charge in [0.15, 0.2) is 0 Å². The molecule has 0 aromatic rings. The summed E-state index contributed by atoms with van der Waals surface area (Å²) in [5.74, 6) is 4.58. The van der Waals surface area contributed by atoms with E-state index in [2.05, 4.69) is 28.9 Å². The molecular weight excluding hydrogens is 264 g/mol. The van der Waals surface area contributed by atoms with Crippen molar-refractivity contribution >= 4 is 11.8 Å². The van der Waals surface area contributed by atoms with E-state index in [1.54, 1.807) is 0 Å². The molecule has 2 nitrogen and oxygen atoms in total. The summed E-state index contributed by atoms with van der Waals surface area (Å²) in [5, 5.41) is 3.90. The highest BCUT2D eigenvalue weighted by molar-refractivity contribution is 7.99. The molecular formula is C17H32N2S. The van der Waals surface area contributed by atoms with Crippen molar-refractivity contribution < 1.29 is 0 Å². The second kappa shape index (κ2) is 7.51. The number of hydrogen-bond donors (Lipinski definition) is 1. The Hall–Kier alpha value is 0.270. The molecule has 1 saturated heterocycles. The lowest BCUT2D eigenvalue weighted by molar-refractivity contribution is 0.0728. The van der Waals surface area contributed by atoms with Crippen LogP contribution in [0.15, 0.2) is 0 Å². The molecule has 3 fully saturated rings. The van der Waals surface area contributed by atoms with Crippen LogP contribution in [-0.2, 0) is 0 Å². The van der Waals surface area contributed by atoms with E-state index in [4.69, 9.17) is 0 Å². The normalized spacial score (nSPS) is 33.5. The third kappa shape index (κ3) is 3.92. The van der Waals surface area contributed by atoms with Crippen LogP contribution in [0.1, 0.15) is 51.9 Å². The van der Waals surface area contributed by atoms with Gasteiger partial charge in [0.1, 0.15) is 0 Å². The Balaban J connectivity index is 1.56. The summed E-state index contributed by atoms with van der Waals surface area (Å²) in [6.07, 6.45) is 10.4. The van der Waals surface area contributed by atoms with Crippen LogP contribution in [0, 0.1) is 11.8 Å². The molecule has 2 saturated carbocycles. The number of rotatable bonds is 6. The van der Waals surface area contributed by atoms with Crippen LogP contribution < -0.4 is 5.32 Å². The molecule has 2 atom stereocenters. The van der Waals surface area contributed by atoms with E-state index < -0.39 is 0 Å². The van der Waals surface area contributed by atoms with Gasteiger partial charge in [-0.05, 0) is 43.3 Å². The van der Waals surface area contributed by atoms with Crippen molar-refractivity contribution in [2.75, 3.05) is 31.1 Å². The fourth-order valence-electron chi connectivity index (χ4n) is 4.24. The molecule has 1 heterocycles. The maximum Gasteiger partial charge on any atom is 0.0249 e. The zero-order chi connectivity index (χ0) is 13.8. The average Bonchev–Trinajstić information content (AvgIpc) is 3.33. The van der Waals surface area contributed by atoms with Gasteiger partial charge in [-0.3, -0.25) is 4.90 Å². The molecule has 0 aromatic heterocycles. The van der Waals surface area contributed by atoms with E-state index >= 15 is 0 Å². The first-order valence-corrected chi connectivity index (χ1v) is 10.1. The van der Waals surface area contributed by atoms with Gasteiger partial charge in [-0.15, -0.1) is 0 Å². The summed E-state index contributed by atoms with van der Waals surface area (Å²) in [6, 6.07) is 1.64. The summed E-state index contributed by atoms with van der Waals surface area (Å²) in [6.45, 7) is 6.21. The molecule has 1 aliphatic heterocycles. The Bertz CT molecular complexity index is 287. The van der Waals surface area contributed by atoms with Crippen molar-refractivity contribution in [3.05, 3.63) is 0 Å². The van der Waals surface area contributed by atoms with Crippen LogP contribution in [0.5, 0.6) is 0 Å². The van der Waals surface area contributed by atoms with E-state index in [9.17, 15) is 0 Å². The number of piperazine rings is 1. The number of nitrogens with zero attached hydrogens (tertiary/aromatic N) is 1. The Labute approximate surface area is 129 Å². The number of thioether (sulfide) groups is 1. The van der Waals surface area contributed by atoms with E-state index in [0.717, 1.165) is 23.9 Å². The van der Waals surface area contributed by atoms with Gasteiger partial charge in [-0.1, -0.05) is 26.2 Å². The van der Waals surface area contributed by atoms with Crippen molar-refractivity contribution in [2.24, 2.45) is 11.8 Å². The first kappa shape index (κ1) is 15.2. The van der Waals surface area contributed by atoms with Crippen molar-refractivity contribution in [2.45, 2.75) is 64.0 Å². The molecule has 3 aliphatic rings. The molecule has 116 valence electrons. The van der Waals surface area contributed by atoms with Gasteiger partial charge in [0, 0.05) is 37.5 Å². The summed E-state index contributed by atoms with van der Waals surface area (Å²) >= 11 is 2.11. The quantitative estimate of drug-likeness (QED) is 0.757. The van der Waals surface area contributed by atoms with Crippen molar-refractivity contribution in [1.29, 1.82) is 0 Å². The lowest BCUT2D eigenvalue weighted by Gasteiger charge is -2.45. The van der Waals surface area contributed by atoms with E-state index in [-0.39, 0.29) is 0 Å². The minimum atomic E-state index is 0.807. The SMILES string of the molecule is CCSCCN1CC(C2CC2)NCC1C1CCCCC1. The number of hydrogen-bond acceptors (Lipinski definition) is 3. The predicted octanol–water partition coefficient (Wildman–Crippen LogP) is 3.37. The Morgan fingerprint density at radius 2 is 1.85 bits per heavy atom. The van der Waals surface area contributed by atoms with Gasteiger partial charge < -0.3 is 5.32 Å². The Kier molecular flexibility index (Phi) is 5.70. The fourth-order valence-corrected chi connectivity index (χ4v) is 4.89. The molecule has 20 heavy (non-hydrogen) atoms. The van der Waals surface area contributed by atoms with E-state index in [1.165, 1.54) is 76.1 Å². The standard InChI is InChI=1S/C17H32N2S/c1-2-20-11-10-19-13-16(14-8-9-14)18-12-17(19)15-6-4-3-5-7-15/h14-18H,2-13H2,1H3. The summed E-state index contributed by atoms with van der Waals surface area (Å²) in [4.78, 5) is 2.87. The minimum Gasteiger partial charge on any atom is -0.311 e. The molecule has 0 amide bonds. The predicted molar refractivity (Wildman–Crippen MR) is 89.4 cm³/mol. The smallest absolute Gasteiger partial charge is 0.0249 e. The summed E-state index contributed by atoms with van der Waals surface area (Å²) in [7, 11) is 0. The highest BCUT2D eigenvalue weighted by Gasteiger charge is 2.39. The van der Waals surface area contributed by atoms with Gasteiger partial charge in [0.05, 0.1) is 0 Å². The molecule has 2 aliphatic carbocycles. The third-order valence-corrected chi connectivity index (χ3v) is 6.48. The fraction of sp³-hybridized carbons (Fsp3) is 1.00. The second-order valence-electron chi connectivity index (χ2n) is 7.01. The minimum absolute atomic E-state index is 0.807. The van der Waals surface area contributed by atoms with Gasteiger partial charge in [0.2, 0.25) is 0 Å². The first-order chi connectivity index (χ1) is 9.88. The molecule has 0 spiro atoms. The van der Waals surface area contributed by atoms with Gasteiger partial charge in [0.25, 0.3) is 0 Å². The zero-order valence-electron chi connectivity index (χ0n) is 13.2. The zero-order valence-corrected chi connectivity index (χ0v) is 14.0. The molecule has 1 N–H and O–H groups in total. The topological polar surface area (TPSA) is 15.3 Å². The highest BCUT2D eigenvalue weighted by Crippen LogP contribution is 2.36. The Morgan fingerprint density at radius 3 is 2.55 bits per heavy atom. The van der Waals surface area contributed by atoms with Crippen LogP contribution in [0.3, 0.4) is 0 Å². The largest absolute Gasteiger partial charge is 0.311 e. The molecule has 3 heteroatoms. The highest BCUT2D eigenvalue weighted by atomic mass is 32.2. The van der Waals surface area contributed by atoms with Crippen molar-refractivity contribution in [3.63, 3.8) is 0 Å². The van der Waals surface area contributed by atoms with Crippen LogP contribution in [0.25, 0.3) is 0 Å². The molecule has 0 bridgehead atoms. The number of nitrogens with one attached hydrogen (secondary N) is 1. The molecule has 0 aromatic carbocycles. The van der Waals surface area contributed by atoms with Gasteiger partial charge >= 0.3 is 0 Å². The second-order valence-corrected chi connectivity index (χ2v) is 8.40. The van der Waals surface area contributed by atoms with Gasteiger partial charge in [-0.25, -0.2) is 0 Å². The lowest BCUT2D eigenvalue weighted by atomic mass is 9.82. The maximum atomic E-state index is 3.90. The molecule has 0 radical (unpaired) electrons. The van der Waals surface area contributed by atoms with Crippen LogP contribution in [0.2, 0.25) is 0 Å². The maximum absolute atomic E-state index is 3.90. The third-order valence-electron chi connectivity index (χ3n) is 5.60. The summed E-state index contributed by atoms with van der Waals surface area (Å²) in [5.41, 5.74) is 0. The average molecular weight is 297 g/mol. The first-order valence-electron chi connectivity index (χ1n) is 8.93. The van der Waals surface area contributed by atoms with Crippen LogP contribution in [0.4, 0.5) is 0 Å². The van der Waals surface area contributed by atoms with Crippen molar-refractivity contribution in [3.8, 4) is 0 Å².